The summed E-state index contributed by atoms with van der Waals surface area (Å²) in [4.78, 5) is 65.5. The fraction of sp³-hybridized carbons (Fsp3) is 0.447. The number of sulfone groups is 1. The molecule has 0 saturated heterocycles. The van der Waals surface area contributed by atoms with E-state index in [9.17, 15) is 41.9 Å². The van der Waals surface area contributed by atoms with E-state index in [2.05, 4.69) is 16.0 Å². The van der Waals surface area contributed by atoms with Crippen molar-refractivity contribution in [3.8, 4) is 11.1 Å². The van der Waals surface area contributed by atoms with Gasteiger partial charge in [-0.15, -0.1) is 0 Å². The van der Waals surface area contributed by atoms with Crippen molar-refractivity contribution in [1.29, 1.82) is 0 Å². The van der Waals surface area contributed by atoms with Gasteiger partial charge in [0.25, 0.3) is 0 Å². The van der Waals surface area contributed by atoms with E-state index in [4.69, 9.17) is 5.73 Å². The summed E-state index contributed by atoms with van der Waals surface area (Å²) < 4.78 is 55.5. The van der Waals surface area contributed by atoms with Gasteiger partial charge in [-0.05, 0) is 41.7 Å². The molecule has 1 heterocycles. The fourth-order valence-corrected chi connectivity index (χ4v) is 6.86. The van der Waals surface area contributed by atoms with Crippen LogP contribution in [-0.4, -0.2) is 95.8 Å². The van der Waals surface area contributed by atoms with E-state index in [0.29, 0.717) is 11.3 Å². The van der Waals surface area contributed by atoms with Crippen molar-refractivity contribution in [3.05, 3.63) is 83.7 Å². The number of amides is 5. The number of hydrogen-bond donors (Lipinski definition) is 5. The van der Waals surface area contributed by atoms with Crippen LogP contribution >= 0.6 is 0 Å². The molecule has 0 unspecified atom stereocenters. The number of nitrogens with zero attached hydrogens (tertiary/aromatic N) is 2. The molecule has 0 radical (unpaired) electrons. The highest BCUT2D eigenvalue weighted by Gasteiger charge is 2.38. The Hall–Kier alpha value is -5.16. The lowest BCUT2D eigenvalue weighted by atomic mass is 9.82. The summed E-state index contributed by atoms with van der Waals surface area (Å²) in [6.07, 6.45) is 0.759. The predicted molar refractivity (Wildman–Crippen MR) is 202 cm³/mol. The Morgan fingerprint density at radius 3 is 2.22 bits per heavy atom. The molecule has 0 spiro atoms. The van der Waals surface area contributed by atoms with Gasteiger partial charge in [0.1, 0.15) is 30.3 Å². The van der Waals surface area contributed by atoms with Crippen molar-refractivity contribution in [2.45, 2.75) is 72.1 Å². The van der Waals surface area contributed by atoms with Crippen molar-refractivity contribution in [2.24, 2.45) is 11.1 Å². The molecule has 5 amide bonds. The minimum Gasteiger partial charge on any atom is -0.387 e. The molecule has 1 aromatic heterocycles. The standard InChI is InChI=1S/C38H50F2N6O8S/c1-6-55(53,54)17-15-42-36(51)30(44-37(52)31(20-33(41)49)43-24(2)48)14-16-46(34(50)23-47)35(38(3,4)5)32-18-26(28-19-27(39)12-13-29(28)40)22-45(32)21-25-10-8-7-9-11-25/h7-13,18-19,22,30-31,35,47H,6,14-17,20-21,23H2,1-5H3,(H2,41,49)(H,42,51)(H,43,48)(H,44,52)/t30-,31-,35-/m0/s1. The van der Waals surface area contributed by atoms with Gasteiger partial charge in [-0.3, -0.25) is 24.0 Å². The zero-order chi connectivity index (χ0) is 41.1. The normalized spacial score (nSPS) is 13.3. The zero-order valence-corrected chi connectivity index (χ0v) is 32.4. The Balaban J connectivity index is 2.11. The Morgan fingerprint density at radius 2 is 1.64 bits per heavy atom. The molecule has 3 rings (SSSR count). The topological polar surface area (TPSA) is 210 Å². The molecular formula is C38H50F2N6O8S. The van der Waals surface area contributed by atoms with E-state index in [0.717, 1.165) is 30.7 Å². The number of hydrogen-bond acceptors (Lipinski definition) is 8. The fourth-order valence-electron chi connectivity index (χ4n) is 6.16. The average molecular weight is 789 g/mol. The van der Waals surface area contributed by atoms with Crippen molar-refractivity contribution in [2.75, 3.05) is 31.2 Å². The first-order chi connectivity index (χ1) is 25.8. The highest BCUT2D eigenvalue weighted by atomic mass is 32.2. The molecule has 300 valence electrons. The van der Waals surface area contributed by atoms with Gasteiger partial charge >= 0.3 is 0 Å². The summed E-state index contributed by atoms with van der Waals surface area (Å²) in [5.41, 5.74) is 6.13. The molecule has 6 N–H and O–H groups in total. The number of carbonyl (C=O) groups excluding carboxylic acids is 5. The average Bonchev–Trinajstić information content (AvgIpc) is 3.51. The third-order valence-corrected chi connectivity index (χ3v) is 10.5. The summed E-state index contributed by atoms with van der Waals surface area (Å²) in [5, 5.41) is 17.5. The number of carbonyl (C=O) groups is 5. The van der Waals surface area contributed by atoms with E-state index < -0.39 is 87.6 Å². The number of aliphatic hydroxyl groups is 1. The summed E-state index contributed by atoms with van der Waals surface area (Å²) in [6, 6.07) is 10.2. The smallest absolute Gasteiger partial charge is 0.248 e. The maximum absolute atomic E-state index is 15.1. The van der Waals surface area contributed by atoms with Gasteiger partial charge in [0.15, 0.2) is 9.84 Å². The Morgan fingerprint density at radius 1 is 0.964 bits per heavy atom. The van der Waals surface area contributed by atoms with Gasteiger partial charge in [0, 0.05) is 55.3 Å². The lowest BCUT2D eigenvalue weighted by Crippen LogP contribution is -2.55. The third kappa shape index (κ3) is 13.0. The lowest BCUT2D eigenvalue weighted by Gasteiger charge is -2.41. The Labute approximate surface area is 319 Å². The first kappa shape index (κ1) is 44.2. The molecule has 55 heavy (non-hydrogen) atoms. The lowest BCUT2D eigenvalue weighted by molar-refractivity contribution is -0.140. The van der Waals surface area contributed by atoms with E-state index in [-0.39, 0.29) is 43.1 Å². The van der Waals surface area contributed by atoms with E-state index in [1.54, 1.807) is 16.8 Å². The molecule has 0 fully saturated rings. The molecule has 14 nitrogen and oxygen atoms in total. The summed E-state index contributed by atoms with van der Waals surface area (Å²) in [7, 11) is -3.48. The van der Waals surface area contributed by atoms with Gasteiger partial charge in [-0.25, -0.2) is 17.2 Å². The SMILES string of the molecule is CCS(=O)(=O)CCNC(=O)[C@H](CCN(C(=O)CO)[C@@H](c1cc(-c2cc(F)ccc2F)cn1Cc1ccccc1)C(C)(C)C)NC(=O)[C@H](CC(N)=O)NC(C)=O. The molecule has 3 aromatic rings. The second kappa shape index (κ2) is 19.4. The third-order valence-electron chi connectivity index (χ3n) is 8.78. The quantitative estimate of drug-likeness (QED) is 0.121. The zero-order valence-electron chi connectivity index (χ0n) is 31.6. The number of aromatic nitrogens is 1. The van der Waals surface area contributed by atoms with Crippen molar-refractivity contribution in [1.82, 2.24) is 25.4 Å². The summed E-state index contributed by atoms with van der Waals surface area (Å²) >= 11 is 0. The maximum atomic E-state index is 15.1. The van der Waals surface area contributed by atoms with Crippen molar-refractivity contribution in [3.63, 3.8) is 0 Å². The molecule has 3 atom stereocenters. The summed E-state index contributed by atoms with van der Waals surface area (Å²) in [5.74, 6) is -5.98. The molecule has 0 aliphatic carbocycles. The van der Waals surface area contributed by atoms with Crippen molar-refractivity contribution >= 4 is 39.4 Å². The van der Waals surface area contributed by atoms with Crippen LogP contribution in [0.4, 0.5) is 8.78 Å². The number of nitrogens with two attached hydrogens (primary N) is 1. The van der Waals surface area contributed by atoms with Crippen LogP contribution in [0.3, 0.4) is 0 Å². The number of aliphatic hydroxyl groups excluding tert-OH is 1. The van der Waals surface area contributed by atoms with E-state index in [1.807, 2.05) is 51.1 Å². The van der Waals surface area contributed by atoms with Gasteiger partial charge in [0.2, 0.25) is 29.5 Å². The highest BCUT2D eigenvalue weighted by molar-refractivity contribution is 7.91. The first-order valence-corrected chi connectivity index (χ1v) is 19.5. The number of nitrogens with one attached hydrogen (secondary N) is 3. The Kier molecular flexibility index (Phi) is 15.6. The highest BCUT2D eigenvalue weighted by Crippen LogP contribution is 2.41. The van der Waals surface area contributed by atoms with Gasteiger partial charge in [-0.1, -0.05) is 58.0 Å². The minimum atomic E-state index is -3.48. The number of rotatable bonds is 19. The predicted octanol–water partition coefficient (Wildman–Crippen LogP) is 2.20. The summed E-state index contributed by atoms with van der Waals surface area (Å²) in [6.45, 7) is 6.81. The molecule has 0 aliphatic heterocycles. The second-order valence-corrected chi connectivity index (χ2v) is 16.7. The first-order valence-electron chi connectivity index (χ1n) is 17.7. The van der Waals surface area contributed by atoms with E-state index in [1.165, 1.54) is 11.8 Å². The molecular weight excluding hydrogens is 739 g/mol. The van der Waals surface area contributed by atoms with Crippen molar-refractivity contribution < 1.29 is 46.3 Å². The van der Waals surface area contributed by atoms with Crippen LogP contribution in [0.15, 0.2) is 60.8 Å². The largest absolute Gasteiger partial charge is 0.387 e. The van der Waals surface area contributed by atoms with E-state index >= 15 is 4.39 Å². The number of halogens is 2. The van der Waals surface area contributed by atoms with Crippen LogP contribution in [0.2, 0.25) is 0 Å². The molecule has 0 saturated carbocycles. The number of benzene rings is 2. The van der Waals surface area contributed by atoms with Crippen LogP contribution in [0, 0.1) is 17.0 Å². The van der Waals surface area contributed by atoms with Gasteiger partial charge in [0.05, 0.1) is 18.2 Å². The molecule has 17 heteroatoms. The Bertz CT molecular complexity index is 1930. The minimum absolute atomic E-state index is 0.0185. The maximum Gasteiger partial charge on any atom is 0.248 e. The second-order valence-electron chi connectivity index (χ2n) is 14.2. The van der Waals surface area contributed by atoms with Crippen LogP contribution < -0.4 is 21.7 Å². The van der Waals surface area contributed by atoms with Crippen LogP contribution in [0.5, 0.6) is 0 Å². The number of primary amides is 1. The molecule has 2 aromatic carbocycles. The van der Waals surface area contributed by atoms with Crippen LogP contribution in [0.25, 0.3) is 11.1 Å². The van der Waals surface area contributed by atoms with Crippen LogP contribution in [-0.2, 0) is 40.4 Å². The van der Waals surface area contributed by atoms with Gasteiger partial charge in [-0.2, -0.15) is 0 Å². The molecule has 0 aliphatic rings. The van der Waals surface area contributed by atoms with Gasteiger partial charge < -0.3 is 36.3 Å². The molecule has 0 bridgehead atoms. The monoisotopic (exact) mass is 788 g/mol. The van der Waals surface area contributed by atoms with Crippen LogP contribution in [0.1, 0.15) is 64.8 Å².